The Morgan fingerprint density at radius 3 is 2.63 bits per heavy atom. The largest absolute Gasteiger partial charge is 0.489 e. The number of hydrogen-bond donors (Lipinski definition) is 0. The van der Waals surface area contributed by atoms with Gasteiger partial charge in [-0.25, -0.2) is 14.5 Å². The van der Waals surface area contributed by atoms with Gasteiger partial charge in [-0.05, 0) is 67.3 Å². The zero-order valence-electron chi connectivity index (χ0n) is 23.8. The molecule has 6 rings (SSSR count). The number of nitrogens with zero attached hydrogens (tertiary/aromatic N) is 4. The molecule has 0 N–H and O–H groups in total. The van der Waals surface area contributed by atoms with E-state index in [-0.39, 0.29) is 5.56 Å². The minimum atomic E-state index is -0.622. The van der Waals surface area contributed by atoms with E-state index in [9.17, 15) is 9.59 Å². The van der Waals surface area contributed by atoms with Gasteiger partial charge in [0.15, 0.2) is 4.80 Å². The number of rotatable bonds is 8. The van der Waals surface area contributed by atoms with Crippen molar-refractivity contribution in [3.63, 3.8) is 0 Å². The summed E-state index contributed by atoms with van der Waals surface area (Å²) < 4.78 is 14.8. The Bertz CT molecular complexity index is 2050. The molecule has 0 amide bonds. The van der Waals surface area contributed by atoms with Crippen LogP contribution in [0, 0.1) is 6.92 Å². The van der Waals surface area contributed by atoms with Gasteiger partial charge in [-0.2, -0.15) is 5.10 Å². The standard InChI is InChI=1S/C33H28N4O4S2/c1-5-15-41-25-14-13-22(17-20(25)2)29-23(19-36(35-29)24-10-7-6-8-11-24)18-27-31(38)37-30(26-12-9-16-42-26)28(32(39)40-4)21(3)34-33(37)43-27/h5-14,16-19,30H,1,15H2,2-4H3/b27-18-/t30-/m1/s1. The first-order valence-electron chi connectivity index (χ1n) is 13.5. The average molecular weight is 609 g/mol. The van der Waals surface area contributed by atoms with Gasteiger partial charge in [0.25, 0.3) is 5.56 Å². The van der Waals surface area contributed by atoms with Crippen LogP contribution in [-0.4, -0.2) is 34.0 Å². The predicted molar refractivity (Wildman–Crippen MR) is 170 cm³/mol. The summed E-state index contributed by atoms with van der Waals surface area (Å²) >= 11 is 2.77. The number of methoxy groups -OCH3 is 1. The molecule has 0 spiro atoms. The molecule has 0 aliphatic carbocycles. The number of aromatic nitrogens is 3. The number of thiazole rings is 1. The number of allylic oxidation sites excluding steroid dienone is 1. The molecule has 10 heteroatoms. The minimum absolute atomic E-state index is 0.237. The van der Waals surface area contributed by atoms with Crippen molar-refractivity contribution in [3.05, 3.63) is 132 Å². The summed E-state index contributed by atoms with van der Waals surface area (Å²) in [5.41, 5.74) is 4.88. The lowest BCUT2D eigenvalue weighted by Gasteiger charge is -2.22. The fourth-order valence-corrected chi connectivity index (χ4v) is 6.95. The number of carbonyl (C=O) groups excluding carboxylic acids is 1. The van der Waals surface area contributed by atoms with Gasteiger partial charge in [0, 0.05) is 22.2 Å². The van der Waals surface area contributed by atoms with E-state index in [0.29, 0.717) is 32.9 Å². The highest BCUT2D eigenvalue weighted by Gasteiger charge is 2.33. The van der Waals surface area contributed by atoms with Crippen molar-refractivity contribution in [2.75, 3.05) is 13.7 Å². The molecule has 0 fully saturated rings. The smallest absolute Gasteiger partial charge is 0.338 e. The maximum absolute atomic E-state index is 14.1. The SMILES string of the molecule is C=CCOc1ccc(-c2nn(-c3ccccc3)cc2/C=c2\sc3n(c2=O)[C@H](c2cccs2)C(C(=O)OC)=C(C)N=3)cc1C. The molecule has 0 radical (unpaired) electrons. The van der Waals surface area contributed by atoms with Gasteiger partial charge in [-0.1, -0.05) is 48.3 Å². The summed E-state index contributed by atoms with van der Waals surface area (Å²) in [7, 11) is 1.34. The lowest BCUT2D eigenvalue weighted by molar-refractivity contribution is -0.136. The van der Waals surface area contributed by atoms with Crippen LogP contribution in [0.15, 0.2) is 106 Å². The normalized spacial score (nSPS) is 14.8. The van der Waals surface area contributed by atoms with Crippen molar-refractivity contribution < 1.29 is 14.3 Å². The second-order valence-corrected chi connectivity index (χ2v) is 11.9. The molecule has 3 aromatic heterocycles. The highest BCUT2D eigenvalue weighted by atomic mass is 32.1. The van der Waals surface area contributed by atoms with Crippen molar-refractivity contribution in [3.8, 4) is 22.7 Å². The number of esters is 1. The maximum atomic E-state index is 14.1. The van der Waals surface area contributed by atoms with E-state index >= 15 is 0 Å². The molecule has 0 saturated heterocycles. The van der Waals surface area contributed by atoms with Gasteiger partial charge in [0.1, 0.15) is 24.1 Å². The molecule has 2 aromatic carbocycles. The van der Waals surface area contributed by atoms with Crippen molar-refractivity contribution in [2.24, 2.45) is 4.99 Å². The minimum Gasteiger partial charge on any atom is -0.489 e. The van der Waals surface area contributed by atoms with E-state index in [2.05, 4.69) is 11.6 Å². The topological polar surface area (TPSA) is 87.7 Å². The third-order valence-corrected chi connectivity index (χ3v) is 9.00. The van der Waals surface area contributed by atoms with Crippen molar-refractivity contribution in [2.45, 2.75) is 19.9 Å². The number of para-hydroxylation sites is 1. The Morgan fingerprint density at radius 2 is 1.93 bits per heavy atom. The van der Waals surface area contributed by atoms with Crippen LogP contribution >= 0.6 is 22.7 Å². The number of fused-ring (bicyclic) bond motifs is 1. The zero-order valence-corrected chi connectivity index (χ0v) is 25.4. The Labute approximate surface area is 255 Å². The molecule has 43 heavy (non-hydrogen) atoms. The second kappa shape index (κ2) is 11.8. The molecule has 1 aliphatic heterocycles. The number of hydrogen-bond acceptors (Lipinski definition) is 8. The van der Waals surface area contributed by atoms with Gasteiger partial charge in [-0.3, -0.25) is 9.36 Å². The Hall–Kier alpha value is -4.80. The number of ether oxygens (including phenoxy) is 2. The second-order valence-electron chi connectivity index (χ2n) is 9.88. The fraction of sp³-hybridized carbons (Fsp3) is 0.152. The quantitative estimate of drug-likeness (QED) is 0.179. The van der Waals surface area contributed by atoms with Crippen LogP contribution in [-0.2, 0) is 9.53 Å². The van der Waals surface area contributed by atoms with Crippen LogP contribution in [0.4, 0.5) is 0 Å². The molecule has 0 saturated carbocycles. The van der Waals surface area contributed by atoms with Crippen LogP contribution in [0.25, 0.3) is 23.0 Å². The Kier molecular flexibility index (Phi) is 7.79. The van der Waals surface area contributed by atoms with Crippen LogP contribution in [0.5, 0.6) is 5.75 Å². The van der Waals surface area contributed by atoms with E-state index in [1.165, 1.54) is 29.8 Å². The maximum Gasteiger partial charge on any atom is 0.338 e. The number of carbonyl (C=O) groups is 1. The fourth-order valence-electron chi connectivity index (χ4n) is 5.09. The molecule has 0 bridgehead atoms. The van der Waals surface area contributed by atoms with Gasteiger partial charge >= 0.3 is 5.97 Å². The van der Waals surface area contributed by atoms with Crippen molar-refractivity contribution >= 4 is 34.7 Å². The van der Waals surface area contributed by atoms with E-state index in [1.54, 1.807) is 17.6 Å². The lowest BCUT2D eigenvalue weighted by atomic mass is 10.0. The van der Waals surface area contributed by atoms with E-state index in [0.717, 1.165) is 33.0 Å². The molecular weight excluding hydrogens is 581 g/mol. The lowest BCUT2D eigenvalue weighted by Crippen LogP contribution is -2.39. The Balaban J connectivity index is 1.53. The molecule has 0 unspecified atom stereocenters. The molecule has 216 valence electrons. The summed E-state index contributed by atoms with van der Waals surface area (Å²) in [6, 6.07) is 18.9. The number of aryl methyl sites for hydroxylation is 1. The third-order valence-electron chi connectivity index (χ3n) is 7.09. The molecule has 5 aromatic rings. The molecular formula is C33H28N4O4S2. The summed E-state index contributed by atoms with van der Waals surface area (Å²) in [6.45, 7) is 7.90. The van der Waals surface area contributed by atoms with Gasteiger partial charge in [0.2, 0.25) is 0 Å². The van der Waals surface area contributed by atoms with Crippen LogP contribution in [0.2, 0.25) is 0 Å². The highest BCUT2D eigenvalue weighted by molar-refractivity contribution is 7.10. The first kappa shape index (κ1) is 28.3. The van der Waals surface area contributed by atoms with Crippen LogP contribution in [0.3, 0.4) is 0 Å². The predicted octanol–water partition coefficient (Wildman–Crippen LogP) is 5.20. The first-order chi connectivity index (χ1) is 20.9. The average Bonchev–Trinajstić information content (AvgIpc) is 3.76. The van der Waals surface area contributed by atoms with Gasteiger partial charge in [0.05, 0.1) is 28.6 Å². The van der Waals surface area contributed by atoms with Gasteiger partial charge in [-0.15, -0.1) is 11.3 Å². The van der Waals surface area contributed by atoms with E-state index < -0.39 is 12.0 Å². The monoisotopic (exact) mass is 608 g/mol. The summed E-state index contributed by atoms with van der Waals surface area (Å²) in [5, 5.41) is 6.86. The summed E-state index contributed by atoms with van der Waals surface area (Å²) in [4.78, 5) is 33.0. The highest BCUT2D eigenvalue weighted by Crippen LogP contribution is 2.33. The van der Waals surface area contributed by atoms with Crippen molar-refractivity contribution in [1.82, 2.24) is 14.3 Å². The Morgan fingerprint density at radius 1 is 1.12 bits per heavy atom. The molecule has 4 heterocycles. The first-order valence-corrected chi connectivity index (χ1v) is 15.2. The number of benzene rings is 2. The van der Waals surface area contributed by atoms with Gasteiger partial charge < -0.3 is 9.47 Å². The van der Waals surface area contributed by atoms with E-state index in [4.69, 9.17) is 14.6 Å². The van der Waals surface area contributed by atoms with Crippen LogP contribution in [0.1, 0.15) is 29.0 Å². The zero-order chi connectivity index (χ0) is 30.1. The summed E-state index contributed by atoms with van der Waals surface area (Å²) in [5.74, 6) is 0.266. The number of thiophene rings is 1. The van der Waals surface area contributed by atoms with E-state index in [1.807, 2.05) is 89.9 Å². The molecule has 1 aliphatic rings. The molecule has 8 nitrogen and oxygen atoms in total. The molecule has 1 atom stereocenters. The summed E-state index contributed by atoms with van der Waals surface area (Å²) in [6.07, 6.45) is 5.48. The van der Waals surface area contributed by atoms with Crippen LogP contribution < -0.4 is 19.6 Å². The van der Waals surface area contributed by atoms with Crippen molar-refractivity contribution in [1.29, 1.82) is 0 Å². The third kappa shape index (κ3) is 5.31.